The van der Waals surface area contributed by atoms with E-state index in [0.717, 1.165) is 19.2 Å². The van der Waals surface area contributed by atoms with Crippen LogP contribution in [0.5, 0.6) is 0 Å². The molecule has 13 heavy (non-hydrogen) atoms. The number of hydrogen-bond donors (Lipinski definition) is 1. The van der Waals surface area contributed by atoms with Crippen molar-refractivity contribution < 1.29 is 4.74 Å². The summed E-state index contributed by atoms with van der Waals surface area (Å²) in [4.78, 5) is 0. The maximum absolute atomic E-state index is 5.78. The molecule has 0 radical (unpaired) electrons. The Hall–Kier alpha value is -0.0800. The van der Waals surface area contributed by atoms with E-state index in [-0.39, 0.29) is 0 Å². The van der Waals surface area contributed by atoms with Crippen molar-refractivity contribution in [3.05, 3.63) is 0 Å². The monoisotopic (exact) mass is 185 g/mol. The van der Waals surface area contributed by atoms with Crippen LogP contribution in [-0.4, -0.2) is 25.3 Å². The molecule has 2 nitrogen and oxygen atoms in total. The number of hydrogen-bond acceptors (Lipinski definition) is 2. The fourth-order valence-corrected chi connectivity index (χ4v) is 1.96. The molecule has 1 aliphatic rings. The van der Waals surface area contributed by atoms with Crippen molar-refractivity contribution >= 4 is 0 Å². The molecule has 1 aliphatic carbocycles. The zero-order valence-corrected chi connectivity index (χ0v) is 9.01. The maximum atomic E-state index is 5.78. The summed E-state index contributed by atoms with van der Waals surface area (Å²) in [5, 5.41) is 3.48. The van der Waals surface area contributed by atoms with Gasteiger partial charge in [-0.3, -0.25) is 0 Å². The van der Waals surface area contributed by atoms with Gasteiger partial charge in [0.1, 0.15) is 0 Å². The van der Waals surface area contributed by atoms with Gasteiger partial charge in [0.25, 0.3) is 0 Å². The number of rotatable bonds is 6. The van der Waals surface area contributed by atoms with Crippen LogP contribution in [0.3, 0.4) is 0 Å². The SMILES string of the molecule is CCCCOC1CCC(NCC)C1. The fourth-order valence-electron chi connectivity index (χ4n) is 1.96. The molecule has 0 bridgehead atoms. The Morgan fingerprint density at radius 3 is 2.85 bits per heavy atom. The highest BCUT2D eigenvalue weighted by atomic mass is 16.5. The summed E-state index contributed by atoms with van der Waals surface area (Å²) in [6.07, 6.45) is 6.76. The van der Waals surface area contributed by atoms with Crippen molar-refractivity contribution in [3.8, 4) is 0 Å². The summed E-state index contributed by atoms with van der Waals surface area (Å²) < 4.78 is 5.78. The summed E-state index contributed by atoms with van der Waals surface area (Å²) in [7, 11) is 0. The molecule has 0 aliphatic heterocycles. The van der Waals surface area contributed by atoms with Crippen LogP contribution in [-0.2, 0) is 4.74 Å². The van der Waals surface area contributed by atoms with Crippen LogP contribution in [0, 0.1) is 0 Å². The van der Waals surface area contributed by atoms with Gasteiger partial charge in [0.2, 0.25) is 0 Å². The molecule has 0 aromatic carbocycles. The average molecular weight is 185 g/mol. The third-order valence-electron chi connectivity index (χ3n) is 2.73. The molecule has 1 fully saturated rings. The molecule has 2 atom stereocenters. The number of ether oxygens (including phenoxy) is 1. The summed E-state index contributed by atoms with van der Waals surface area (Å²) in [5.41, 5.74) is 0. The number of nitrogens with one attached hydrogen (secondary N) is 1. The van der Waals surface area contributed by atoms with Gasteiger partial charge in [0.05, 0.1) is 6.10 Å². The highest BCUT2D eigenvalue weighted by Gasteiger charge is 2.23. The first-order valence-corrected chi connectivity index (χ1v) is 5.71. The molecule has 1 saturated carbocycles. The van der Waals surface area contributed by atoms with E-state index in [0.29, 0.717) is 6.10 Å². The third kappa shape index (κ3) is 4.10. The van der Waals surface area contributed by atoms with E-state index < -0.39 is 0 Å². The van der Waals surface area contributed by atoms with Crippen molar-refractivity contribution in [1.82, 2.24) is 5.32 Å². The predicted molar refractivity (Wildman–Crippen MR) is 56.0 cm³/mol. The maximum Gasteiger partial charge on any atom is 0.0590 e. The molecule has 0 saturated heterocycles. The molecular weight excluding hydrogens is 162 g/mol. The zero-order valence-electron chi connectivity index (χ0n) is 9.01. The minimum absolute atomic E-state index is 0.538. The Balaban J connectivity index is 2.03. The van der Waals surface area contributed by atoms with Crippen LogP contribution in [0.4, 0.5) is 0 Å². The lowest BCUT2D eigenvalue weighted by Crippen LogP contribution is -2.26. The average Bonchev–Trinajstić information content (AvgIpc) is 2.54. The number of unbranched alkanes of at least 4 members (excludes halogenated alkanes) is 1. The van der Waals surface area contributed by atoms with E-state index in [1.165, 1.54) is 32.1 Å². The first-order chi connectivity index (χ1) is 6.36. The first-order valence-electron chi connectivity index (χ1n) is 5.71. The Bertz CT molecular complexity index is 127. The molecule has 0 aromatic rings. The minimum atomic E-state index is 0.538. The van der Waals surface area contributed by atoms with E-state index in [1.807, 2.05) is 0 Å². The molecule has 0 heterocycles. The van der Waals surface area contributed by atoms with Crippen LogP contribution in [0.15, 0.2) is 0 Å². The van der Waals surface area contributed by atoms with Crippen LogP contribution in [0.1, 0.15) is 46.0 Å². The van der Waals surface area contributed by atoms with Crippen molar-refractivity contribution in [3.63, 3.8) is 0 Å². The van der Waals surface area contributed by atoms with E-state index in [1.54, 1.807) is 0 Å². The van der Waals surface area contributed by atoms with Gasteiger partial charge in [-0.25, -0.2) is 0 Å². The van der Waals surface area contributed by atoms with Crippen molar-refractivity contribution in [2.24, 2.45) is 0 Å². The van der Waals surface area contributed by atoms with Gasteiger partial charge in [0.15, 0.2) is 0 Å². The van der Waals surface area contributed by atoms with Crippen LogP contribution in [0.25, 0.3) is 0 Å². The normalized spacial score (nSPS) is 28.2. The molecule has 1 rings (SSSR count). The fraction of sp³-hybridized carbons (Fsp3) is 1.00. The highest BCUT2D eigenvalue weighted by molar-refractivity contribution is 4.80. The molecule has 78 valence electrons. The molecule has 1 N–H and O–H groups in total. The zero-order chi connectivity index (χ0) is 9.52. The van der Waals surface area contributed by atoms with Crippen molar-refractivity contribution in [1.29, 1.82) is 0 Å². The Morgan fingerprint density at radius 2 is 2.15 bits per heavy atom. The first kappa shape index (κ1) is 11.0. The second kappa shape index (κ2) is 6.39. The standard InChI is InChI=1S/C11H23NO/c1-3-5-8-13-11-7-6-10(9-11)12-4-2/h10-12H,3-9H2,1-2H3. The quantitative estimate of drug-likeness (QED) is 0.641. The largest absolute Gasteiger partial charge is 0.378 e. The second-order valence-electron chi connectivity index (χ2n) is 3.91. The lowest BCUT2D eigenvalue weighted by Gasteiger charge is -2.12. The molecule has 0 amide bonds. The summed E-state index contributed by atoms with van der Waals surface area (Å²) in [5.74, 6) is 0. The minimum Gasteiger partial charge on any atom is -0.378 e. The smallest absolute Gasteiger partial charge is 0.0590 e. The van der Waals surface area contributed by atoms with Gasteiger partial charge < -0.3 is 10.1 Å². The van der Waals surface area contributed by atoms with Gasteiger partial charge in [-0.05, 0) is 32.2 Å². The van der Waals surface area contributed by atoms with E-state index in [9.17, 15) is 0 Å². The van der Waals surface area contributed by atoms with Crippen LogP contribution in [0.2, 0.25) is 0 Å². The van der Waals surface area contributed by atoms with Crippen molar-refractivity contribution in [2.75, 3.05) is 13.2 Å². The van der Waals surface area contributed by atoms with Crippen molar-refractivity contribution in [2.45, 2.75) is 58.1 Å². The Kier molecular flexibility index (Phi) is 5.40. The van der Waals surface area contributed by atoms with Gasteiger partial charge in [0, 0.05) is 12.6 Å². The van der Waals surface area contributed by atoms with Crippen LogP contribution < -0.4 is 5.32 Å². The van der Waals surface area contributed by atoms with Crippen LogP contribution >= 0.6 is 0 Å². The Morgan fingerprint density at radius 1 is 1.31 bits per heavy atom. The molecule has 2 heteroatoms. The van der Waals surface area contributed by atoms with E-state index in [2.05, 4.69) is 19.2 Å². The molecule has 0 spiro atoms. The van der Waals surface area contributed by atoms with Gasteiger partial charge in [-0.1, -0.05) is 20.3 Å². The summed E-state index contributed by atoms with van der Waals surface area (Å²) >= 11 is 0. The van der Waals surface area contributed by atoms with Gasteiger partial charge >= 0.3 is 0 Å². The van der Waals surface area contributed by atoms with Gasteiger partial charge in [-0.15, -0.1) is 0 Å². The second-order valence-corrected chi connectivity index (χ2v) is 3.91. The Labute approximate surface area is 82.0 Å². The molecular formula is C11H23NO. The lowest BCUT2D eigenvalue weighted by molar-refractivity contribution is 0.0549. The lowest BCUT2D eigenvalue weighted by atomic mass is 10.2. The van der Waals surface area contributed by atoms with Gasteiger partial charge in [-0.2, -0.15) is 0 Å². The summed E-state index contributed by atoms with van der Waals surface area (Å²) in [6.45, 7) is 6.43. The molecule has 0 aromatic heterocycles. The predicted octanol–water partition coefficient (Wildman–Crippen LogP) is 2.33. The third-order valence-corrected chi connectivity index (χ3v) is 2.73. The topological polar surface area (TPSA) is 21.3 Å². The summed E-state index contributed by atoms with van der Waals surface area (Å²) in [6, 6.07) is 0.719. The highest BCUT2D eigenvalue weighted by Crippen LogP contribution is 2.22. The molecule has 2 unspecified atom stereocenters. The van der Waals surface area contributed by atoms with E-state index in [4.69, 9.17) is 4.74 Å². The van der Waals surface area contributed by atoms with E-state index >= 15 is 0 Å².